The van der Waals surface area contributed by atoms with Crippen LogP contribution in [0.5, 0.6) is 0 Å². The van der Waals surface area contributed by atoms with Gasteiger partial charge in [0.25, 0.3) is 0 Å². The van der Waals surface area contributed by atoms with Gasteiger partial charge in [-0.2, -0.15) is 26.3 Å². The lowest BCUT2D eigenvalue weighted by Crippen LogP contribution is -2.51. The fourth-order valence-corrected chi connectivity index (χ4v) is 4.20. The third-order valence-corrected chi connectivity index (χ3v) is 5.91. The first kappa shape index (κ1) is 30.4. The number of halogens is 6. The standard InChI is InChI=1S/C17H21N3O2S.2C2HF3O2/c1-2-13(10-18-5-1)12-22-15-4-3-14-17(15)21-8-7-20(14)11-16-19-6-9-23-16;2*3-2(4,5)1(6)7/h1-2,5-6,9-10,14-15,17H,3-4,7-8,11-12H2;2*(H,6,7)/t14-,15-,17+;;/m0../s1. The lowest BCUT2D eigenvalue weighted by atomic mass is 10.1. The summed E-state index contributed by atoms with van der Waals surface area (Å²) in [4.78, 5) is 28.9. The second-order valence-corrected chi connectivity index (χ2v) is 8.67. The summed E-state index contributed by atoms with van der Waals surface area (Å²) in [5, 5.41) is 17.5. The van der Waals surface area contributed by atoms with Crippen molar-refractivity contribution in [2.45, 2.75) is 56.6 Å². The number of aliphatic carboxylic acids is 2. The second kappa shape index (κ2) is 13.6. The minimum absolute atomic E-state index is 0.180. The van der Waals surface area contributed by atoms with Crippen LogP contribution in [0.3, 0.4) is 0 Å². The van der Waals surface area contributed by atoms with E-state index in [1.54, 1.807) is 17.5 Å². The zero-order valence-corrected chi connectivity index (χ0v) is 19.8. The number of hydrogen-bond acceptors (Lipinski definition) is 8. The first-order chi connectivity index (χ1) is 17.3. The highest BCUT2D eigenvalue weighted by atomic mass is 32.1. The Labute approximate surface area is 210 Å². The number of pyridine rings is 1. The van der Waals surface area contributed by atoms with Gasteiger partial charge in [-0.25, -0.2) is 14.6 Å². The maximum Gasteiger partial charge on any atom is 0.490 e. The van der Waals surface area contributed by atoms with Crippen molar-refractivity contribution in [3.05, 3.63) is 46.7 Å². The molecular formula is C21H23F6N3O6S. The van der Waals surface area contributed by atoms with Crippen molar-refractivity contribution in [3.8, 4) is 0 Å². The summed E-state index contributed by atoms with van der Waals surface area (Å²) in [5.41, 5.74) is 1.12. The third-order valence-electron chi connectivity index (χ3n) is 5.14. The van der Waals surface area contributed by atoms with Crippen molar-refractivity contribution in [2.75, 3.05) is 13.2 Å². The van der Waals surface area contributed by atoms with Gasteiger partial charge in [-0.1, -0.05) is 6.07 Å². The van der Waals surface area contributed by atoms with Crippen LogP contribution in [0.15, 0.2) is 36.1 Å². The maximum absolute atomic E-state index is 10.6. The zero-order valence-electron chi connectivity index (χ0n) is 19.0. The lowest BCUT2D eigenvalue weighted by Gasteiger charge is -2.38. The fraction of sp³-hybridized carbons (Fsp3) is 0.524. The van der Waals surface area contributed by atoms with Crippen molar-refractivity contribution in [2.24, 2.45) is 0 Å². The van der Waals surface area contributed by atoms with Crippen LogP contribution in [0, 0.1) is 0 Å². The van der Waals surface area contributed by atoms with Crippen molar-refractivity contribution in [1.29, 1.82) is 0 Å². The minimum atomic E-state index is -5.08. The number of hydrogen-bond donors (Lipinski definition) is 2. The predicted molar refractivity (Wildman–Crippen MR) is 115 cm³/mol. The number of morpholine rings is 1. The highest BCUT2D eigenvalue weighted by Crippen LogP contribution is 2.33. The molecule has 16 heteroatoms. The van der Waals surface area contributed by atoms with Gasteiger partial charge in [-0.15, -0.1) is 11.3 Å². The van der Waals surface area contributed by atoms with Gasteiger partial charge in [0.2, 0.25) is 0 Å². The van der Waals surface area contributed by atoms with Crippen molar-refractivity contribution < 1.29 is 55.6 Å². The van der Waals surface area contributed by atoms with E-state index in [-0.39, 0.29) is 12.2 Å². The maximum atomic E-state index is 10.6. The number of thiazole rings is 1. The highest BCUT2D eigenvalue weighted by molar-refractivity contribution is 7.09. The number of aromatic nitrogens is 2. The summed E-state index contributed by atoms with van der Waals surface area (Å²) in [6.45, 7) is 3.30. The van der Waals surface area contributed by atoms with Gasteiger partial charge >= 0.3 is 24.3 Å². The Balaban J connectivity index is 0.000000286. The number of carboxylic acid groups (broad SMARTS) is 2. The van der Waals surface area contributed by atoms with Crippen LogP contribution in [-0.2, 0) is 32.2 Å². The van der Waals surface area contributed by atoms with Crippen LogP contribution in [0.4, 0.5) is 26.3 Å². The van der Waals surface area contributed by atoms with Gasteiger partial charge in [0.05, 0.1) is 32.0 Å². The summed E-state index contributed by atoms with van der Waals surface area (Å²) in [6, 6.07) is 4.45. The largest absolute Gasteiger partial charge is 0.490 e. The third kappa shape index (κ3) is 10.2. The van der Waals surface area contributed by atoms with E-state index < -0.39 is 24.3 Å². The highest BCUT2D eigenvalue weighted by Gasteiger charge is 2.43. The molecule has 1 saturated heterocycles. The molecule has 4 rings (SSSR count). The van der Waals surface area contributed by atoms with E-state index in [1.165, 1.54) is 5.01 Å². The SMILES string of the molecule is O=C(O)C(F)(F)F.O=C(O)C(F)(F)F.c1cncc(CO[C@H]2CC[C@H]3[C@H]2OCCN3Cc2nccs2)c1. The van der Waals surface area contributed by atoms with Crippen LogP contribution in [0.2, 0.25) is 0 Å². The number of nitrogens with zero attached hydrogens (tertiary/aromatic N) is 3. The van der Waals surface area contributed by atoms with Crippen LogP contribution in [0.25, 0.3) is 0 Å². The van der Waals surface area contributed by atoms with E-state index in [0.29, 0.717) is 12.6 Å². The van der Waals surface area contributed by atoms with Crippen LogP contribution in [0.1, 0.15) is 23.4 Å². The molecule has 206 valence electrons. The minimum Gasteiger partial charge on any atom is -0.475 e. The normalized spacial score (nSPS) is 21.6. The Morgan fingerprint density at radius 1 is 1.11 bits per heavy atom. The van der Waals surface area contributed by atoms with Gasteiger partial charge in [0.1, 0.15) is 5.01 Å². The van der Waals surface area contributed by atoms with Gasteiger partial charge in [0.15, 0.2) is 0 Å². The molecule has 0 aromatic carbocycles. The Kier molecular flexibility index (Phi) is 11.2. The molecule has 37 heavy (non-hydrogen) atoms. The molecular weight excluding hydrogens is 536 g/mol. The molecule has 0 amide bonds. The van der Waals surface area contributed by atoms with Crippen LogP contribution >= 0.6 is 11.3 Å². The molecule has 2 N–H and O–H groups in total. The molecule has 3 heterocycles. The average molecular weight is 559 g/mol. The molecule has 1 saturated carbocycles. The van der Waals surface area contributed by atoms with Crippen LogP contribution in [-0.4, -0.2) is 80.8 Å². The summed E-state index contributed by atoms with van der Waals surface area (Å²) in [6.07, 6.45) is -2.08. The molecule has 1 aliphatic heterocycles. The number of fused-ring (bicyclic) bond motifs is 1. The Hall–Kier alpha value is -2.82. The Morgan fingerprint density at radius 3 is 2.27 bits per heavy atom. The van der Waals surface area contributed by atoms with Gasteiger partial charge in [-0.3, -0.25) is 9.88 Å². The Morgan fingerprint density at radius 2 is 1.76 bits per heavy atom. The molecule has 2 fully saturated rings. The molecule has 3 atom stereocenters. The van der Waals surface area contributed by atoms with E-state index in [4.69, 9.17) is 29.3 Å². The monoisotopic (exact) mass is 559 g/mol. The van der Waals surface area contributed by atoms with Crippen molar-refractivity contribution in [1.82, 2.24) is 14.9 Å². The molecule has 1 aliphatic carbocycles. The van der Waals surface area contributed by atoms with E-state index >= 15 is 0 Å². The van der Waals surface area contributed by atoms with E-state index in [0.717, 1.165) is 38.1 Å². The molecule has 2 aliphatic rings. The smallest absolute Gasteiger partial charge is 0.475 e. The van der Waals surface area contributed by atoms with Gasteiger partial charge in [0, 0.05) is 36.6 Å². The number of carboxylic acids is 2. The quantitative estimate of drug-likeness (QED) is 0.528. The summed E-state index contributed by atoms with van der Waals surface area (Å²) in [5.74, 6) is -5.51. The zero-order chi connectivity index (χ0) is 27.6. The molecule has 0 spiro atoms. The summed E-state index contributed by atoms with van der Waals surface area (Å²) in [7, 11) is 0. The fourth-order valence-electron chi connectivity index (χ4n) is 3.56. The second-order valence-electron chi connectivity index (χ2n) is 7.69. The average Bonchev–Trinajstić information content (AvgIpc) is 3.48. The lowest BCUT2D eigenvalue weighted by molar-refractivity contribution is -0.193. The van der Waals surface area contributed by atoms with Crippen molar-refractivity contribution in [3.63, 3.8) is 0 Å². The van der Waals surface area contributed by atoms with E-state index in [2.05, 4.69) is 20.9 Å². The number of carbonyl (C=O) groups is 2. The van der Waals surface area contributed by atoms with Crippen LogP contribution < -0.4 is 0 Å². The first-order valence-electron chi connectivity index (χ1n) is 10.6. The summed E-state index contributed by atoms with van der Waals surface area (Å²) >= 11 is 1.73. The predicted octanol–water partition coefficient (Wildman–Crippen LogP) is 3.75. The van der Waals surface area contributed by atoms with Crippen molar-refractivity contribution >= 4 is 23.3 Å². The van der Waals surface area contributed by atoms with E-state index in [9.17, 15) is 26.3 Å². The summed E-state index contributed by atoms with van der Waals surface area (Å²) < 4.78 is 75.7. The Bertz CT molecular complexity index is 953. The molecule has 0 unspecified atom stereocenters. The molecule has 2 aromatic heterocycles. The first-order valence-corrected chi connectivity index (χ1v) is 11.5. The van der Waals surface area contributed by atoms with Gasteiger partial charge in [-0.05, 0) is 24.5 Å². The molecule has 0 bridgehead atoms. The number of ether oxygens (including phenoxy) is 2. The molecule has 2 aromatic rings. The number of rotatable bonds is 5. The topological polar surface area (TPSA) is 122 Å². The van der Waals surface area contributed by atoms with Gasteiger partial charge < -0.3 is 19.7 Å². The number of alkyl halides is 6. The molecule has 9 nitrogen and oxygen atoms in total. The molecule has 0 radical (unpaired) electrons. The van der Waals surface area contributed by atoms with E-state index in [1.807, 2.05) is 23.8 Å².